The van der Waals surface area contributed by atoms with Crippen molar-refractivity contribution in [3.63, 3.8) is 0 Å². The van der Waals surface area contributed by atoms with E-state index in [0.717, 1.165) is 16.9 Å². The van der Waals surface area contributed by atoms with Crippen LogP contribution >= 0.6 is 11.8 Å². The molecular weight excluding hydrogens is 200 g/mol. The maximum Gasteiger partial charge on any atom is 0.175 e. The molecule has 0 amide bonds. The van der Waals surface area contributed by atoms with Gasteiger partial charge in [-0.05, 0) is 18.4 Å². The lowest BCUT2D eigenvalue weighted by atomic mass is 10.2. The molecule has 1 aliphatic rings. The summed E-state index contributed by atoms with van der Waals surface area (Å²) in [6.45, 7) is 1.12. The molecule has 1 aromatic rings. The minimum atomic E-state index is 0.545. The molecule has 0 saturated carbocycles. The molecule has 74 valence electrons. The summed E-state index contributed by atoms with van der Waals surface area (Å²) in [7, 11) is 0. The number of hydrogen-bond acceptors (Lipinski definition) is 4. The third-order valence-corrected chi connectivity index (χ3v) is 2.85. The number of fused-ring (bicyclic) bond motifs is 1. The lowest BCUT2D eigenvalue weighted by Crippen LogP contribution is -2.16. The highest BCUT2D eigenvalue weighted by molar-refractivity contribution is 7.98. The Morgan fingerprint density at radius 1 is 1.36 bits per heavy atom. The summed E-state index contributed by atoms with van der Waals surface area (Å²) in [5, 5.41) is 0. The SMILES string of the molecule is CSc1c(C=O)ccc2c1OCCO2. The molecule has 0 aliphatic carbocycles. The van der Waals surface area contributed by atoms with E-state index < -0.39 is 0 Å². The first kappa shape index (κ1) is 9.40. The molecule has 0 atom stereocenters. The van der Waals surface area contributed by atoms with E-state index in [1.807, 2.05) is 6.26 Å². The average Bonchev–Trinajstić information content (AvgIpc) is 2.27. The number of aldehydes is 1. The van der Waals surface area contributed by atoms with Crippen LogP contribution in [0.5, 0.6) is 11.5 Å². The highest BCUT2D eigenvalue weighted by Crippen LogP contribution is 2.40. The predicted octanol–water partition coefficient (Wildman–Crippen LogP) is 1.99. The topological polar surface area (TPSA) is 35.5 Å². The van der Waals surface area contributed by atoms with Crippen molar-refractivity contribution in [2.45, 2.75) is 4.90 Å². The number of thioether (sulfide) groups is 1. The second kappa shape index (κ2) is 3.92. The molecule has 14 heavy (non-hydrogen) atoms. The fourth-order valence-electron chi connectivity index (χ4n) is 1.41. The van der Waals surface area contributed by atoms with Gasteiger partial charge in [0.05, 0.1) is 4.90 Å². The van der Waals surface area contributed by atoms with Crippen molar-refractivity contribution in [1.82, 2.24) is 0 Å². The zero-order chi connectivity index (χ0) is 9.97. The monoisotopic (exact) mass is 210 g/mol. The lowest BCUT2D eigenvalue weighted by molar-refractivity contribution is 0.111. The van der Waals surface area contributed by atoms with E-state index in [4.69, 9.17) is 9.47 Å². The largest absolute Gasteiger partial charge is 0.486 e. The first-order valence-corrected chi connectivity index (χ1v) is 5.51. The first-order chi connectivity index (χ1) is 6.86. The molecule has 0 spiro atoms. The Morgan fingerprint density at radius 3 is 2.86 bits per heavy atom. The molecular formula is C10H10O3S. The Bertz CT molecular complexity index is 363. The van der Waals surface area contributed by atoms with Gasteiger partial charge in [-0.1, -0.05) is 0 Å². The van der Waals surface area contributed by atoms with Gasteiger partial charge in [0.15, 0.2) is 17.8 Å². The Morgan fingerprint density at radius 2 is 2.14 bits per heavy atom. The van der Waals surface area contributed by atoms with E-state index in [2.05, 4.69) is 0 Å². The van der Waals surface area contributed by atoms with Gasteiger partial charge in [-0.3, -0.25) is 4.79 Å². The van der Waals surface area contributed by atoms with Crippen LogP contribution in [0.3, 0.4) is 0 Å². The summed E-state index contributed by atoms with van der Waals surface area (Å²) in [6, 6.07) is 3.53. The minimum absolute atomic E-state index is 0.545. The molecule has 1 aromatic carbocycles. The van der Waals surface area contributed by atoms with Gasteiger partial charge in [0.2, 0.25) is 0 Å². The van der Waals surface area contributed by atoms with Crippen LogP contribution < -0.4 is 9.47 Å². The number of carbonyl (C=O) groups is 1. The highest BCUT2D eigenvalue weighted by atomic mass is 32.2. The van der Waals surface area contributed by atoms with Crippen LogP contribution in [0.4, 0.5) is 0 Å². The Balaban J connectivity index is 2.55. The molecule has 0 radical (unpaired) electrons. The molecule has 0 aromatic heterocycles. The van der Waals surface area contributed by atoms with Gasteiger partial charge in [-0.25, -0.2) is 0 Å². The van der Waals surface area contributed by atoms with Crippen molar-refractivity contribution >= 4 is 18.0 Å². The fraction of sp³-hybridized carbons (Fsp3) is 0.300. The third-order valence-electron chi connectivity index (χ3n) is 2.02. The second-order valence-corrected chi connectivity index (χ2v) is 3.65. The van der Waals surface area contributed by atoms with Gasteiger partial charge in [-0.15, -0.1) is 11.8 Å². The van der Waals surface area contributed by atoms with Crippen molar-refractivity contribution in [1.29, 1.82) is 0 Å². The van der Waals surface area contributed by atoms with Crippen LogP contribution in [0.2, 0.25) is 0 Å². The number of rotatable bonds is 2. The number of benzene rings is 1. The van der Waals surface area contributed by atoms with Gasteiger partial charge in [0.1, 0.15) is 13.2 Å². The quantitative estimate of drug-likeness (QED) is 0.552. The Kier molecular flexibility index (Phi) is 2.63. The van der Waals surface area contributed by atoms with Crippen molar-refractivity contribution in [2.24, 2.45) is 0 Å². The smallest absolute Gasteiger partial charge is 0.175 e. The van der Waals surface area contributed by atoms with Gasteiger partial charge in [0.25, 0.3) is 0 Å². The van der Waals surface area contributed by atoms with Gasteiger partial charge < -0.3 is 9.47 Å². The normalized spacial score (nSPS) is 13.8. The summed E-state index contributed by atoms with van der Waals surface area (Å²) in [6.07, 6.45) is 2.75. The molecule has 0 bridgehead atoms. The van der Waals surface area contributed by atoms with Crippen LogP contribution in [0.1, 0.15) is 10.4 Å². The molecule has 4 heteroatoms. The number of ether oxygens (including phenoxy) is 2. The van der Waals surface area contributed by atoms with E-state index in [0.29, 0.717) is 24.5 Å². The standard InChI is InChI=1S/C10H10O3S/c1-14-10-7(6-11)2-3-8-9(10)13-5-4-12-8/h2-3,6H,4-5H2,1H3. The third kappa shape index (κ3) is 1.46. The van der Waals surface area contributed by atoms with Crippen LogP contribution in [-0.2, 0) is 0 Å². The molecule has 1 aliphatic heterocycles. The van der Waals surface area contributed by atoms with Crippen LogP contribution in [-0.4, -0.2) is 25.8 Å². The van der Waals surface area contributed by atoms with E-state index >= 15 is 0 Å². The number of carbonyl (C=O) groups excluding carboxylic acids is 1. The van der Waals surface area contributed by atoms with Gasteiger partial charge in [0, 0.05) is 5.56 Å². The molecule has 3 nitrogen and oxygen atoms in total. The zero-order valence-corrected chi connectivity index (χ0v) is 8.60. The summed E-state index contributed by atoms with van der Waals surface area (Å²) < 4.78 is 10.9. The van der Waals surface area contributed by atoms with Crippen LogP contribution in [0, 0.1) is 0 Å². The Hall–Kier alpha value is -1.16. The molecule has 0 unspecified atom stereocenters. The Labute approximate surface area is 86.4 Å². The molecule has 0 saturated heterocycles. The van der Waals surface area contributed by atoms with Crippen LogP contribution in [0.15, 0.2) is 17.0 Å². The van der Waals surface area contributed by atoms with Crippen molar-refractivity contribution in [3.05, 3.63) is 17.7 Å². The van der Waals surface area contributed by atoms with Crippen LogP contribution in [0.25, 0.3) is 0 Å². The molecule has 0 N–H and O–H groups in total. The van der Waals surface area contributed by atoms with Crippen molar-refractivity contribution < 1.29 is 14.3 Å². The zero-order valence-electron chi connectivity index (χ0n) is 7.78. The first-order valence-electron chi connectivity index (χ1n) is 4.28. The highest BCUT2D eigenvalue weighted by Gasteiger charge is 2.18. The predicted molar refractivity (Wildman–Crippen MR) is 54.6 cm³/mol. The van der Waals surface area contributed by atoms with Crippen molar-refractivity contribution in [2.75, 3.05) is 19.5 Å². The summed E-state index contributed by atoms with van der Waals surface area (Å²) in [5.41, 5.74) is 0.654. The van der Waals surface area contributed by atoms with E-state index in [1.54, 1.807) is 12.1 Å². The summed E-state index contributed by atoms with van der Waals surface area (Å²) >= 11 is 1.50. The van der Waals surface area contributed by atoms with E-state index in [1.165, 1.54) is 11.8 Å². The van der Waals surface area contributed by atoms with E-state index in [9.17, 15) is 4.79 Å². The lowest BCUT2D eigenvalue weighted by Gasteiger charge is -2.21. The molecule has 0 fully saturated rings. The summed E-state index contributed by atoms with van der Waals surface area (Å²) in [4.78, 5) is 11.6. The fourth-order valence-corrected chi connectivity index (χ4v) is 2.11. The van der Waals surface area contributed by atoms with Crippen molar-refractivity contribution in [3.8, 4) is 11.5 Å². The maximum atomic E-state index is 10.8. The summed E-state index contributed by atoms with van der Waals surface area (Å²) in [5.74, 6) is 1.43. The second-order valence-electron chi connectivity index (χ2n) is 2.83. The minimum Gasteiger partial charge on any atom is -0.486 e. The molecule has 1 heterocycles. The van der Waals surface area contributed by atoms with Gasteiger partial charge >= 0.3 is 0 Å². The maximum absolute atomic E-state index is 10.8. The molecule has 2 rings (SSSR count). The van der Waals surface area contributed by atoms with E-state index in [-0.39, 0.29) is 0 Å². The van der Waals surface area contributed by atoms with Gasteiger partial charge in [-0.2, -0.15) is 0 Å². The average molecular weight is 210 g/mol. The number of hydrogen-bond donors (Lipinski definition) is 0.